The van der Waals surface area contributed by atoms with Gasteiger partial charge in [0.15, 0.2) is 0 Å². The number of hydrogen-bond donors (Lipinski definition) is 1. The number of aromatic nitrogens is 1. The molecule has 3 aromatic rings. The molecule has 106 valence electrons. The topological polar surface area (TPSA) is 42.0 Å². The number of nitrogens with zero attached hydrogens (tertiary/aromatic N) is 1. The molecule has 0 bridgehead atoms. The van der Waals surface area contributed by atoms with E-state index in [0.29, 0.717) is 5.69 Å². The Labute approximate surface area is 131 Å². The first kappa shape index (κ1) is 14.0. The summed E-state index contributed by atoms with van der Waals surface area (Å²) in [6.07, 6.45) is 0. The average molecular weight is 314 g/mol. The Morgan fingerprint density at radius 1 is 1.19 bits per heavy atom. The molecule has 0 aliphatic heterocycles. The zero-order valence-corrected chi connectivity index (χ0v) is 13.3. The van der Waals surface area contributed by atoms with Gasteiger partial charge in [0, 0.05) is 15.9 Å². The van der Waals surface area contributed by atoms with Gasteiger partial charge in [0.2, 0.25) is 0 Å². The largest absolute Gasteiger partial charge is 0.321 e. The van der Waals surface area contributed by atoms with Gasteiger partial charge in [0.1, 0.15) is 10.7 Å². The Morgan fingerprint density at radius 2 is 2.05 bits per heavy atom. The molecule has 0 radical (unpaired) electrons. The first-order valence-electron chi connectivity index (χ1n) is 6.52. The molecular weight excluding hydrogens is 300 g/mol. The summed E-state index contributed by atoms with van der Waals surface area (Å²) in [5.74, 6) is -0.170. The highest BCUT2D eigenvalue weighted by molar-refractivity contribution is 7.21. The van der Waals surface area contributed by atoms with Crippen molar-refractivity contribution in [3.05, 3.63) is 57.9 Å². The molecular formula is C16H14N2OS2. The summed E-state index contributed by atoms with van der Waals surface area (Å²) in [7, 11) is 0. The van der Waals surface area contributed by atoms with Crippen LogP contribution in [0.1, 0.15) is 20.9 Å². The summed E-state index contributed by atoms with van der Waals surface area (Å²) in [5.41, 5.74) is 2.37. The Hall–Kier alpha value is -1.98. The number of hydrogen-bond acceptors (Lipinski definition) is 4. The van der Waals surface area contributed by atoms with Crippen molar-refractivity contribution in [1.82, 2.24) is 4.98 Å². The van der Waals surface area contributed by atoms with Crippen LogP contribution in [-0.4, -0.2) is 10.9 Å². The third kappa shape index (κ3) is 3.20. The number of rotatable bonds is 3. The lowest BCUT2D eigenvalue weighted by molar-refractivity contribution is 0.102. The first-order valence-corrected chi connectivity index (χ1v) is 8.22. The zero-order valence-electron chi connectivity index (χ0n) is 11.7. The minimum absolute atomic E-state index is 0.170. The Morgan fingerprint density at radius 3 is 2.76 bits per heavy atom. The Balaban J connectivity index is 1.78. The van der Waals surface area contributed by atoms with Crippen LogP contribution in [0.3, 0.4) is 0 Å². The summed E-state index contributed by atoms with van der Waals surface area (Å²) in [5, 5.41) is 5.57. The van der Waals surface area contributed by atoms with Crippen LogP contribution in [0.2, 0.25) is 0 Å². The molecule has 0 saturated heterocycles. The molecule has 1 N–H and O–H groups in total. The fourth-order valence-corrected chi connectivity index (χ4v) is 3.70. The third-order valence-corrected chi connectivity index (χ3v) is 4.98. The van der Waals surface area contributed by atoms with E-state index >= 15 is 0 Å². The maximum absolute atomic E-state index is 12.2. The number of nitrogens with one attached hydrogen (secondary N) is 1. The highest BCUT2D eigenvalue weighted by atomic mass is 32.1. The van der Waals surface area contributed by atoms with Crippen LogP contribution >= 0.6 is 22.7 Å². The molecule has 3 nitrogen and oxygen atoms in total. The molecule has 0 atom stereocenters. The molecule has 5 heteroatoms. The van der Waals surface area contributed by atoms with E-state index in [4.69, 9.17) is 0 Å². The molecule has 0 spiro atoms. The van der Waals surface area contributed by atoms with Gasteiger partial charge in [-0.3, -0.25) is 4.79 Å². The molecule has 0 fully saturated rings. The second-order valence-electron chi connectivity index (χ2n) is 4.77. The van der Waals surface area contributed by atoms with E-state index in [1.54, 1.807) is 16.7 Å². The average Bonchev–Trinajstić information content (AvgIpc) is 3.07. The molecule has 0 unspecified atom stereocenters. The van der Waals surface area contributed by atoms with Gasteiger partial charge in [0.05, 0.1) is 4.88 Å². The van der Waals surface area contributed by atoms with Crippen molar-refractivity contribution in [3.8, 4) is 9.88 Å². The molecule has 0 saturated carbocycles. The number of carbonyl (C=O) groups excluding carboxylic acids is 1. The molecule has 1 aromatic carbocycles. The van der Waals surface area contributed by atoms with Crippen LogP contribution in [0.4, 0.5) is 5.69 Å². The quantitative estimate of drug-likeness (QED) is 0.758. The smallest absolute Gasteiger partial charge is 0.275 e. The third-order valence-electron chi connectivity index (χ3n) is 2.96. The fraction of sp³-hybridized carbons (Fsp3) is 0.125. The Kier molecular flexibility index (Phi) is 3.86. The van der Waals surface area contributed by atoms with Crippen LogP contribution in [-0.2, 0) is 0 Å². The zero-order chi connectivity index (χ0) is 14.8. The number of carbonyl (C=O) groups is 1. The highest BCUT2D eigenvalue weighted by Gasteiger charge is 2.13. The van der Waals surface area contributed by atoms with Gasteiger partial charge < -0.3 is 5.32 Å². The standard InChI is InChI=1S/C16H14N2OS2/c1-10-4-3-5-12(8-10)17-15(19)13-9-20-16(18-13)14-7-6-11(2)21-14/h3-9H,1-2H3,(H,17,19). The van der Waals surface area contributed by atoms with Crippen molar-refractivity contribution >= 4 is 34.3 Å². The number of thiophene rings is 1. The van der Waals surface area contributed by atoms with Crippen LogP contribution in [0.15, 0.2) is 41.8 Å². The number of thiazole rings is 1. The van der Waals surface area contributed by atoms with E-state index < -0.39 is 0 Å². The van der Waals surface area contributed by atoms with E-state index in [9.17, 15) is 4.79 Å². The van der Waals surface area contributed by atoms with Crippen LogP contribution in [0, 0.1) is 13.8 Å². The summed E-state index contributed by atoms with van der Waals surface area (Å²) >= 11 is 3.18. The van der Waals surface area contributed by atoms with Crippen LogP contribution in [0.5, 0.6) is 0 Å². The number of amides is 1. The van der Waals surface area contributed by atoms with Crippen molar-refractivity contribution < 1.29 is 4.79 Å². The summed E-state index contributed by atoms with van der Waals surface area (Å²) in [6, 6.07) is 11.8. The minimum atomic E-state index is -0.170. The van der Waals surface area contributed by atoms with Gasteiger partial charge in [-0.1, -0.05) is 12.1 Å². The normalized spacial score (nSPS) is 10.6. The number of benzene rings is 1. The molecule has 0 aliphatic carbocycles. The maximum atomic E-state index is 12.2. The van der Waals surface area contributed by atoms with E-state index in [0.717, 1.165) is 21.1 Å². The minimum Gasteiger partial charge on any atom is -0.321 e. The van der Waals surface area contributed by atoms with Crippen molar-refractivity contribution in [2.75, 3.05) is 5.32 Å². The molecule has 0 aliphatic rings. The van der Waals surface area contributed by atoms with E-state index in [-0.39, 0.29) is 5.91 Å². The van der Waals surface area contributed by atoms with Gasteiger partial charge in [-0.15, -0.1) is 22.7 Å². The molecule has 3 rings (SSSR count). The van der Waals surface area contributed by atoms with Crippen molar-refractivity contribution in [3.63, 3.8) is 0 Å². The van der Waals surface area contributed by atoms with Crippen molar-refractivity contribution in [2.45, 2.75) is 13.8 Å². The fourth-order valence-electron chi connectivity index (χ4n) is 1.96. The van der Waals surface area contributed by atoms with Gasteiger partial charge in [-0.2, -0.15) is 0 Å². The van der Waals surface area contributed by atoms with Crippen molar-refractivity contribution in [2.24, 2.45) is 0 Å². The lowest BCUT2D eigenvalue weighted by Gasteiger charge is -2.03. The Bertz CT molecular complexity index is 789. The maximum Gasteiger partial charge on any atom is 0.275 e. The molecule has 1 amide bonds. The van der Waals surface area contributed by atoms with E-state index in [1.165, 1.54) is 16.2 Å². The monoisotopic (exact) mass is 314 g/mol. The van der Waals surface area contributed by atoms with Gasteiger partial charge in [-0.05, 0) is 43.7 Å². The van der Waals surface area contributed by atoms with Crippen molar-refractivity contribution in [1.29, 1.82) is 0 Å². The molecule has 2 aromatic heterocycles. The summed E-state index contributed by atoms with van der Waals surface area (Å²) < 4.78 is 0. The lowest BCUT2D eigenvalue weighted by Crippen LogP contribution is -2.12. The molecule has 2 heterocycles. The second kappa shape index (κ2) is 5.79. The number of aryl methyl sites for hydroxylation is 2. The van der Waals surface area contributed by atoms with E-state index in [1.807, 2.05) is 37.3 Å². The number of anilines is 1. The molecule has 21 heavy (non-hydrogen) atoms. The van der Waals surface area contributed by atoms with Gasteiger partial charge in [-0.25, -0.2) is 4.98 Å². The van der Waals surface area contributed by atoms with Gasteiger partial charge >= 0.3 is 0 Å². The predicted octanol–water partition coefficient (Wildman–Crippen LogP) is 4.74. The second-order valence-corrected chi connectivity index (χ2v) is 6.92. The van der Waals surface area contributed by atoms with E-state index in [2.05, 4.69) is 23.3 Å². The van der Waals surface area contributed by atoms with Gasteiger partial charge in [0.25, 0.3) is 5.91 Å². The predicted molar refractivity (Wildman–Crippen MR) is 89.3 cm³/mol. The van der Waals surface area contributed by atoms with Crippen LogP contribution < -0.4 is 5.32 Å². The lowest BCUT2D eigenvalue weighted by atomic mass is 10.2. The summed E-state index contributed by atoms with van der Waals surface area (Å²) in [6.45, 7) is 4.06. The highest BCUT2D eigenvalue weighted by Crippen LogP contribution is 2.30. The first-order chi connectivity index (χ1) is 10.1. The van der Waals surface area contributed by atoms with Crippen LogP contribution in [0.25, 0.3) is 9.88 Å². The summed E-state index contributed by atoms with van der Waals surface area (Å²) in [4.78, 5) is 19.0. The SMILES string of the molecule is Cc1cccc(NC(=O)c2csc(-c3ccc(C)s3)n2)c1.